The predicted molar refractivity (Wildman–Crippen MR) is 119 cm³/mol. The van der Waals surface area contributed by atoms with Crippen molar-refractivity contribution in [3.8, 4) is 34.4 Å². The molecule has 0 unspecified atom stereocenters. The molecule has 0 fully saturated rings. The Kier molecular flexibility index (Phi) is 5.55. The van der Waals surface area contributed by atoms with E-state index in [0.717, 1.165) is 0 Å². The van der Waals surface area contributed by atoms with Crippen LogP contribution in [0.4, 0.5) is 20.3 Å². The number of halogens is 3. The molecule has 10 heteroatoms. The number of ether oxygens (including phenoxy) is 4. The molecule has 0 spiro atoms. The molecule has 4 aromatic rings. The number of pyridine rings is 1. The van der Waals surface area contributed by atoms with Crippen LogP contribution in [-0.4, -0.2) is 36.6 Å². The van der Waals surface area contributed by atoms with E-state index in [1.54, 1.807) is 40.8 Å². The van der Waals surface area contributed by atoms with E-state index in [9.17, 15) is 4.39 Å². The second-order valence-electron chi connectivity index (χ2n) is 7.04. The van der Waals surface area contributed by atoms with E-state index in [1.165, 1.54) is 19.2 Å². The standard InChI is InChI=1S/C23H18ClF2N3O4/c1-30-19-4-2-3-18-28-22(20-14(24)6-8-16(21(20)26)33-12-25)23(29(18)19)27-13-5-7-15-17(11-13)32-10-9-31-15/h2-8,11,27H,9-10,12H2,1H3. The molecule has 0 saturated carbocycles. The van der Waals surface area contributed by atoms with Gasteiger partial charge in [-0.25, -0.2) is 18.2 Å². The van der Waals surface area contributed by atoms with Gasteiger partial charge in [0.05, 0.1) is 17.7 Å². The summed E-state index contributed by atoms with van der Waals surface area (Å²) >= 11 is 6.37. The Morgan fingerprint density at radius 3 is 2.73 bits per heavy atom. The van der Waals surface area contributed by atoms with E-state index >= 15 is 4.39 Å². The van der Waals surface area contributed by atoms with Crippen molar-refractivity contribution in [1.82, 2.24) is 9.38 Å². The molecule has 1 aliphatic rings. The third kappa shape index (κ3) is 3.74. The fourth-order valence-electron chi connectivity index (χ4n) is 3.69. The number of alkyl halides is 1. The van der Waals surface area contributed by atoms with Crippen molar-refractivity contribution in [2.75, 3.05) is 32.5 Å². The van der Waals surface area contributed by atoms with Gasteiger partial charge >= 0.3 is 0 Å². The quantitative estimate of drug-likeness (QED) is 0.392. The number of anilines is 2. The molecule has 2 aromatic carbocycles. The summed E-state index contributed by atoms with van der Waals surface area (Å²) in [6.45, 7) is -0.268. The number of nitrogens with zero attached hydrogens (tertiary/aromatic N) is 2. The van der Waals surface area contributed by atoms with Crippen LogP contribution >= 0.6 is 11.6 Å². The first-order valence-electron chi connectivity index (χ1n) is 10.00. The molecular formula is C23H18ClF2N3O4. The molecule has 2 aromatic heterocycles. The largest absolute Gasteiger partial charge is 0.486 e. The minimum atomic E-state index is -1.18. The molecule has 0 atom stereocenters. The Hall–Kier alpha value is -3.72. The van der Waals surface area contributed by atoms with Gasteiger partial charge in [-0.1, -0.05) is 17.7 Å². The topological polar surface area (TPSA) is 66.2 Å². The van der Waals surface area contributed by atoms with Crippen molar-refractivity contribution in [1.29, 1.82) is 0 Å². The van der Waals surface area contributed by atoms with Gasteiger partial charge in [-0.15, -0.1) is 0 Å². The van der Waals surface area contributed by atoms with Crippen LogP contribution in [0, 0.1) is 5.82 Å². The Morgan fingerprint density at radius 2 is 1.94 bits per heavy atom. The SMILES string of the molecule is COc1cccc2nc(-c3c(Cl)ccc(OCF)c3F)c(Nc3ccc4c(c3)OCCO4)n12. The fraction of sp³-hybridized carbons (Fsp3) is 0.174. The van der Waals surface area contributed by atoms with Gasteiger partial charge < -0.3 is 24.3 Å². The van der Waals surface area contributed by atoms with Crippen LogP contribution < -0.4 is 24.3 Å². The summed E-state index contributed by atoms with van der Waals surface area (Å²) in [4.78, 5) is 4.59. The molecule has 170 valence electrons. The summed E-state index contributed by atoms with van der Waals surface area (Å²) in [5, 5.41) is 3.36. The number of methoxy groups -OCH3 is 1. The van der Waals surface area contributed by atoms with Crippen molar-refractivity contribution in [3.63, 3.8) is 0 Å². The lowest BCUT2D eigenvalue weighted by Crippen LogP contribution is -2.15. The summed E-state index contributed by atoms with van der Waals surface area (Å²) in [5.41, 5.74) is 1.28. The molecule has 0 aliphatic carbocycles. The molecule has 33 heavy (non-hydrogen) atoms. The summed E-state index contributed by atoms with van der Waals surface area (Å²) in [7, 11) is 1.52. The lowest BCUT2D eigenvalue weighted by Gasteiger charge is -2.19. The zero-order valence-electron chi connectivity index (χ0n) is 17.4. The highest BCUT2D eigenvalue weighted by Crippen LogP contribution is 2.42. The third-order valence-electron chi connectivity index (χ3n) is 5.12. The summed E-state index contributed by atoms with van der Waals surface area (Å²) in [5.74, 6) is 0.958. The zero-order chi connectivity index (χ0) is 22.9. The number of hydrogen-bond donors (Lipinski definition) is 1. The molecular weight excluding hydrogens is 456 g/mol. The van der Waals surface area contributed by atoms with Gasteiger partial charge in [-0.05, 0) is 36.4 Å². The van der Waals surface area contributed by atoms with Gasteiger partial charge in [-0.2, -0.15) is 0 Å². The Balaban J connectivity index is 1.71. The van der Waals surface area contributed by atoms with E-state index in [1.807, 2.05) is 0 Å². The van der Waals surface area contributed by atoms with Gasteiger partial charge in [0.1, 0.15) is 30.4 Å². The van der Waals surface area contributed by atoms with E-state index in [2.05, 4.69) is 10.3 Å². The van der Waals surface area contributed by atoms with E-state index in [0.29, 0.717) is 47.7 Å². The van der Waals surface area contributed by atoms with Crippen molar-refractivity contribution >= 4 is 28.8 Å². The minimum absolute atomic E-state index is 0.0339. The highest BCUT2D eigenvalue weighted by atomic mass is 35.5. The molecule has 7 nitrogen and oxygen atoms in total. The minimum Gasteiger partial charge on any atom is -0.486 e. The molecule has 3 heterocycles. The number of benzene rings is 2. The smallest absolute Gasteiger partial charge is 0.228 e. The Labute approximate surface area is 192 Å². The zero-order valence-corrected chi connectivity index (χ0v) is 18.2. The number of nitrogens with one attached hydrogen (secondary N) is 1. The van der Waals surface area contributed by atoms with Gasteiger partial charge in [-0.3, -0.25) is 0 Å². The van der Waals surface area contributed by atoms with E-state index in [4.69, 9.17) is 30.5 Å². The summed E-state index contributed by atoms with van der Waals surface area (Å²) in [6.07, 6.45) is 0. The molecule has 5 rings (SSSR count). The second-order valence-corrected chi connectivity index (χ2v) is 7.45. The first kappa shape index (κ1) is 21.1. The van der Waals surface area contributed by atoms with Gasteiger partial charge in [0.15, 0.2) is 23.1 Å². The molecule has 0 saturated heterocycles. The number of hydrogen-bond acceptors (Lipinski definition) is 6. The molecule has 0 radical (unpaired) electrons. The maximum atomic E-state index is 15.3. The third-order valence-corrected chi connectivity index (χ3v) is 5.44. The van der Waals surface area contributed by atoms with E-state index < -0.39 is 12.7 Å². The highest BCUT2D eigenvalue weighted by Gasteiger charge is 2.25. The van der Waals surface area contributed by atoms with Gasteiger partial charge in [0, 0.05) is 11.8 Å². The van der Waals surface area contributed by atoms with Crippen LogP contribution in [0.3, 0.4) is 0 Å². The average molecular weight is 474 g/mol. The van der Waals surface area contributed by atoms with Crippen LogP contribution in [0.25, 0.3) is 16.9 Å². The maximum absolute atomic E-state index is 15.3. The lowest BCUT2D eigenvalue weighted by molar-refractivity contribution is 0.171. The summed E-state index contributed by atoms with van der Waals surface area (Å²) in [6, 6.07) is 13.3. The van der Waals surface area contributed by atoms with Crippen LogP contribution in [-0.2, 0) is 0 Å². The average Bonchev–Trinajstić information content (AvgIpc) is 3.19. The Morgan fingerprint density at radius 1 is 1.12 bits per heavy atom. The fourth-order valence-corrected chi connectivity index (χ4v) is 3.93. The highest BCUT2D eigenvalue weighted by molar-refractivity contribution is 6.33. The predicted octanol–water partition coefficient (Wildman–Crippen LogP) is 5.62. The first-order valence-corrected chi connectivity index (χ1v) is 10.4. The molecule has 0 amide bonds. The van der Waals surface area contributed by atoms with Crippen LogP contribution in [0.1, 0.15) is 0 Å². The van der Waals surface area contributed by atoms with Crippen LogP contribution in [0.5, 0.6) is 23.1 Å². The van der Waals surface area contributed by atoms with E-state index in [-0.39, 0.29) is 22.0 Å². The lowest BCUT2D eigenvalue weighted by atomic mass is 10.1. The first-order chi connectivity index (χ1) is 16.1. The molecule has 1 aliphatic heterocycles. The Bertz CT molecular complexity index is 1350. The van der Waals surface area contributed by atoms with Gasteiger partial charge in [0.2, 0.25) is 12.7 Å². The molecule has 1 N–H and O–H groups in total. The van der Waals surface area contributed by atoms with Crippen molar-refractivity contribution < 1.29 is 27.7 Å². The van der Waals surface area contributed by atoms with Crippen molar-refractivity contribution in [2.24, 2.45) is 0 Å². The number of rotatable bonds is 6. The summed E-state index contributed by atoms with van der Waals surface area (Å²) < 4.78 is 51.3. The van der Waals surface area contributed by atoms with Crippen molar-refractivity contribution in [2.45, 2.75) is 0 Å². The van der Waals surface area contributed by atoms with Gasteiger partial charge in [0.25, 0.3) is 0 Å². The molecule has 0 bridgehead atoms. The van der Waals surface area contributed by atoms with Crippen molar-refractivity contribution in [3.05, 3.63) is 59.4 Å². The maximum Gasteiger partial charge on any atom is 0.228 e. The monoisotopic (exact) mass is 473 g/mol. The number of fused-ring (bicyclic) bond motifs is 2. The van der Waals surface area contributed by atoms with Crippen LogP contribution in [0.2, 0.25) is 5.02 Å². The number of aromatic nitrogens is 2. The van der Waals surface area contributed by atoms with Crippen LogP contribution in [0.15, 0.2) is 48.5 Å². The number of imidazole rings is 1. The normalized spacial score (nSPS) is 12.6. The second kappa shape index (κ2) is 8.67.